The molecule has 0 aliphatic carbocycles. The lowest BCUT2D eigenvalue weighted by atomic mass is 10.3. The van der Waals surface area contributed by atoms with Gasteiger partial charge in [-0.1, -0.05) is 11.3 Å². The minimum Gasteiger partial charge on any atom is -0.481 e. The summed E-state index contributed by atoms with van der Waals surface area (Å²) in [5.74, 6) is 1.07. The van der Waals surface area contributed by atoms with E-state index in [1.165, 1.54) is 11.3 Å². The van der Waals surface area contributed by atoms with E-state index in [0.717, 1.165) is 28.5 Å². The van der Waals surface area contributed by atoms with Crippen molar-refractivity contribution in [2.45, 2.75) is 25.1 Å². The molecule has 15 heavy (non-hydrogen) atoms. The van der Waals surface area contributed by atoms with Gasteiger partial charge in [0, 0.05) is 22.9 Å². The highest BCUT2D eigenvalue weighted by Crippen LogP contribution is 2.26. The van der Waals surface area contributed by atoms with Gasteiger partial charge in [0.25, 0.3) is 0 Å². The van der Waals surface area contributed by atoms with E-state index >= 15 is 0 Å². The summed E-state index contributed by atoms with van der Waals surface area (Å²) in [6.45, 7) is 0.310. The van der Waals surface area contributed by atoms with E-state index in [0.29, 0.717) is 6.54 Å². The van der Waals surface area contributed by atoms with E-state index in [1.807, 2.05) is 11.8 Å². The SMILES string of the molecule is O=C(O)CCn1c2c(sc1=O)CSCC2. The largest absolute Gasteiger partial charge is 0.481 e. The van der Waals surface area contributed by atoms with Crippen LogP contribution in [-0.4, -0.2) is 21.4 Å². The number of thiazole rings is 1. The number of aromatic nitrogens is 1. The third kappa shape index (κ3) is 2.26. The van der Waals surface area contributed by atoms with Crippen molar-refractivity contribution in [1.29, 1.82) is 0 Å². The Bertz CT molecular complexity index is 435. The summed E-state index contributed by atoms with van der Waals surface area (Å²) in [4.78, 5) is 23.2. The maximum atomic E-state index is 11.6. The molecule has 0 atom stereocenters. The first-order valence-electron chi connectivity index (χ1n) is 4.69. The van der Waals surface area contributed by atoms with Gasteiger partial charge >= 0.3 is 10.8 Å². The molecule has 0 bridgehead atoms. The van der Waals surface area contributed by atoms with Crippen molar-refractivity contribution in [2.24, 2.45) is 0 Å². The second-order valence-electron chi connectivity index (χ2n) is 3.34. The number of hydrogen-bond acceptors (Lipinski definition) is 4. The molecule has 82 valence electrons. The van der Waals surface area contributed by atoms with Gasteiger partial charge in [0.05, 0.1) is 6.42 Å². The molecular formula is C9H11NO3S2. The van der Waals surface area contributed by atoms with Gasteiger partial charge in [-0.05, 0) is 12.2 Å². The number of rotatable bonds is 3. The summed E-state index contributed by atoms with van der Waals surface area (Å²) in [7, 11) is 0. The smallest absolute Gasteiger partial charge is 0.307 e. The van der Waals surface area contributed by atoms with Crippen molar-refractivity contribution in [2.75, 3.05) is 5.75 Å². The number of hydrogen-bond donors (Lipinski definition) is 1. The van der Waals surface area contributed by atoms with Crippen molar-refractivity contribution < 1.29 is 9.90 Å². The molecule has 1 aromatic rings. The van der Waals surface area contributed by atoms with Crippen LogP contribution in [0.1, 0.15) is 17.0 Å². The molecule has 0 amide bonds. The van der Waals surface area contributed by atoms with Gasteiger partial charge in [-0.2, -0.15) is 11.8 Å². The molecule has 0 spiro atoms. The summed E-state index contributed by atoms with van der Waals surface area (Å²) >= 11 is 3.09. The highest BCUT2D eigenvalue weighted by atomic mass is 32.2. The molecule has 0 unspecified atom stereocenters. The van der Waals surface area contributed by atoms with Crippen LogP contribution in [0.25, 0.3) is 0 Å². The van der Waals surface area contributed by atoms with Gasteiger partial charge in [-0.25, -0.2) is 0 Å². The van der Waals surface area contributed by atoms with Gasteiger partial charge in [0.2, 0.25) is 0 Å². The normalized spacial score (nSPS) is 14.9. The minimum absolute atomic E-state index is 0.0104. The number of fused-ring (bicyclic) bond motifs is 1. The number of carboxylic acids is 1. The van der Waals surface area contributed by atoms with Crippen molar-refractivity contribution in [3.05, 3.63) is 20.2 Å². The second-order valence-corrected chi connectivity index (χ2v) is 5.49. The molecule has 1 aliphatic rings. The van der Waals surface area contributed by atoms with E-state index in [-0.39, 0.29) is 11.3 Å². The molecule has 0 saturated heterocycles. The first-order valence-corrected chi connectivity index (χ1v) is 6.66. The summed E-state index contributed by atoms with van der Waals surface area (Å²) < 4.78 is 1.63. The van der Waals surface area contributed by atoms with E-state index in [2.05, 4.69) is 0 Å². The summed E-state index contributed by atoms with van der Waals surface area (Å²) in [6, 6.07) is 0. The molecule has 1 N–H and O–H groups in total. The highest BCUT2D eigenvalue weighted by Gasteiger charge is 2.18. The Kier molecular flexibility index (Phi) is 3.16. The fraction of sp³-hybridized carbons (Fsp3) is 0.556. The highest BCUT2D eigenvalue weighted by molar-refractivity contribution is 7.98. The lowest BCUT2D eigenvalue weighted by Crippen LogP contribution is -2.19. The maximum Gasteiger partial charge on any atom is 0.307 e. The van der Waals surface area contributed by atoms with Gasteiger partial charge in [-0.15, -0.1) is 0 Å². The Morgan fingerprint density at radius 1 is 1.53 bits per heavy atom. The number of nitrogens with zero attached hydrogens (tertiary/aromatic N) is 1. The van der Waals surface area contributed by atoms with E-state index in [9.17, 15) is 9.59 Å². The molecular weight excluding hydrogens is 234 g/mol. The Morgan fingerprint density at radius 3 is 3.07 bits per heavy atom. The molecule has 0 saturated carbocycles. The van der Waals surface area contributed by atoms with E-state index in [1.54, 1.807) is 4.57 Å². The van der Waals surface area contributed by atoms with Crippen LogP contribution in [0.4, 0.5) is 0 Å². The number of thioether (sulfide) groups is 1. The second kappa shape index (κ2) is 4.40. The number of carboxylic acid groups (broad SMARTS) is 1. The summed E-state index contributed by atoms with van der Waals surface area (Å²) in [6.07, 6.45) is 0.911. The van der Waals surface area contributed by atoms with E-state index < -0.39 is 5.97 Å². The molecule has 1 aliphatic heterocycles. The van der Waals surface area contributed by atoms with Gasteiger partial charge < -0.3 is 9.67 Å². The van der Waals surface area contributed by atoms with Crippen LogP contribution in [0.5, 0.6) is 0 Å². The molecule has 0 fully saturated rings. The Hall–Kier alpha value is -0.750. The number of aliphatic carboxylic acids is 1. The van der Waals surface area contributed by atoms with Crippen LogP contribution in [0, 0.1) is 0 Å². The van der Waals surface area contributed by atoms with Crippen LogP contribution < -0.4 is 4.87 Å². The van der Waals surface area contributed by atoms with Gasteiger partial charge in [-0.3, -0.25) is 9.59 Å². The first-order chi connectivity index (χ1) is 7.18. The average molecular weight is 245 g/mol. The Balaban J connectivity index is 2.26. The monoisotopic (exact) mass is 245 g/mol. The third-order valence-corrected chi connectivity index (χ3v) is 4.53. The van der Waals surface area contributed by atoms with Crippen LogP contribution in [-0.2, 0) is 23.5 Å². The van der Waals surface area contributed by atoms with Gasteiger partial charge in [0.15, 0.2) is 0 Å². The molecule has 2 heterocycles. The quantitative estimate of drug-likeness (QED) is 0.868. The lowest BCUT2D eigenvalue weighted by Gasteiger charge is -2.12. The molecule has 1 aromatic heterocycles. The summed E-state index contributed by atoms with van der Waals surface area (Å²) in [5, 5.41) is 8.59. The molecule has 2 rings (SSSR count). The van der Waals surface area contributed by atoms with Crippen LogP contribution in [0.3, 0.4) is 0 Å². The molecule has 4 nitrogen and oxygen atoms in total. The average Bonchev–Trinajstić information content (AvgIpc) is 2.50. The Morgan fingerprint density at radius 2 is 2.33 bits per heavy atom. The van der Waals surface area contributed by atoms with Crippen LogP contribution in [0.2, 0.25) is 0 Å². The third-order valence-electron chi connectivity index (χ3n) is 2.34. The van der Waals surface area contributed by atoms with Crippen molar-refractivity contribution in [1.82, 2.24) is 4.57 Å². The zero-order valence-electron chi connectivity index (χ0n) is 8.06. The maximum absolute atomic E-state index is 11.6. The topological polar surface area (TPSA) is 59.3 Å². The van der Waals surface area contributed by atoms with Crippen molar-refractivity contribution >= 4 is 29.1 Å². The zero-order valence-corrected chi connectivity index (χ0v) is 9.70. The van der Waals surface area contributed by atoms with E-state index in [4.69, 9.17) is 5.11 Å². The fourth-order valence-electron chi connectivity index (χ4n) is 1.63. The predicted molar refractivity (Wildman–Crippen MR) is 60.7 cm³/mol. The molecule has 0 radical (unpaired) electrons. The first kappa shape index (κ1) is 10.8. The lowest BCUT2D eigenvalue weighted by molar-refractivity contribution is -0.137. The summed E-state index contributed by atoms with van der Waals surface area (Å²) in [5.41, 5.74) is 1.06. The van der Waals surface area contributed by atoms with Crippen LogP contribution in [0.15, 0.2) is 4.79 Å². The van der Waals surface area contributed by atoms with Crippen LogP contribution >= 0.6 is 23.1 Å². The Labute approximate surface area is 94.9 Å². The predicted octanol–water partition coefficient (Wildman–Crippen LogP) is 1.17. The zero-order chi connectivity index (χ0) is 10.8. The van der Waals surface area contributed by atoms with Gasteiger partial charge in [0.1, 0.15) is 0 Å². The van der Waals surface area contributed by atoms with Crippen molar-refractivity contribution in [3.63, 3.8) is 0 Å². The molecule has 6 heteroatoms. The molecule has 0 aromatic carbocycles. The minimum atomic E-state index is -0.855. The standard InChI is InChI=1S/C9H11NO3S2/c11-8(12)1-3-10-6-2-4-14-5-7(6)15-9(10)13/h1-5H2,(H,11,12). The van der Waals surface area contributed by atoms with Crippen molar-refractivity contribution in [3.8, 4) is 0 Å². The fourth-order valence-corrected chi connectivity index (χ4v) is 3.81. The number of carbonyl (C=O) groups is 1.